The minimum absolute atomic E-state index is 0.240. The molecule has 0 atom stereocenters. The topological polar surface area (TPSA) is 22.4 Å². The van der Waals surface area contributed by atoms with Crippen LogP contribution in [0.25, 0.3) is 55.3 Å². The third-order valence-corrected chi connectivity index (χ3v) is 8.52. The molecule has 41 heavy (non-hydrogen) atoms. The molecule has 0 radical (unpaired) electrons. The van der Waals surface area contributed by atoms with Crippen LogP contribution < -0.4 is 4.74 Å². The molecule has 196 valence electrons. The summed E-state index contributed by atoms with van der Waals surface area (Å²) in [6.45, 7) is 4.54. The van der Waals surface area contributed by atoms with E-state index in [-0.39, 0.29) is 5.41 Å². The summed E-state index contributed by atoms with van der Waals surface area (Å²) in [5.41, 5.74) is 10.8. The zero-order valence-corrected chi connectivity index (χ0v) is 23.0. The molecule has 0 aliphatic carbocycles. The summed E-state index contributed by atoms with van der Waals surface area (Å²) in [5.74, 6) is 1.69. The van der Waals surface area contributed by atoms with Gasteiger partial charge in [0.05, 0.1) is 0 Å². The Hall–Kier alpha value is -5.08. The fourth-order valence-corrected chi connectivity index (χ4v) is 6.30. The van der Waals surface area contributed by atoms with Gasteiger partial charge in [0.15, 0.2) is 11.3 Å². The van der Waals surface area contributed by atoms with Crippen molar-refractivity contribution < 1.29 is 9.15 Å². The number of ether oxygens (including phenoxy) is 1. The number of hydrogen-bond acceptors (Lipinski definition) is 2. The van der Waals surface area contributed by atoms with Crippen molar-refractivity contribution in [2.75, 3.05) is 0 Å². The van der Waals surface area contributed by atoms with Gasteiger partial charge >= 0.3 is 0 Å². The molecular weight excluding hydrogens is 500 g/mol. The SMILES string of the molecule is CC1(C)c2ccc(-c3cc(-c4ccccc4)cc(-c4ccccc4)c3)cc2Oc2c1ccc1c2oc2ccccc21. The Morgan fingerprint density at radius 2 is 1.05 bits per heavy atom. The molecule has 0 spiro atoms. The molecule has 1 aliphatic rings. The normalized spacial score (nSPS) is 13.5. The van der Waals surface area contributed by atoms with Gasteiger partial charge in [-0.25, -0.2) is 0 Å². The van der Waals surface area contributed by atoms with E-state index < -0.39 is 0 Å². The number of rotatable bonds is 3. The standard InChI is InChI=1S/C39H28O2/c1-39(2)33-19-17-27(24-36(33)41-38-34(39)20-18-32-31-15-9-10-16-35(31)40-37(32)38)30-22-28(25-11-5-3-6-12-25)21-29(23-30)26-13-7-4-8-14-26/h3-24H,1-2H3. The van der Waals surface area contributed by atoms with Crippen LogP contribution in [-0.2, 0) is 5.41 Å². The highest BCUT2D eigenvalue weighted by molar-refractivity contribution is 6.07. The lowest BCUT2D eigenvalue weighted by molar-refractivity contribution is 0.415. The molecule has 1 aromatic heterocycles. The van der Waals surface area contributed by atoms with Gasteiger partial charge < -0.3 is 9.15 Å². The Balaban J connectivity index is 1.30. The molecule has 0 N–H and O–H groups in total. The minimum atomic E-state index is -0.240. The maximum absolute atomic E-state index is 6.75. The summed E-state index contributed by atoms with van der Waals surface area (Å²) in [6.07, 6.45) is 0. The van der Waals surface area contributed by atoms with Crippen molar-refractivity contribution in [3.8, 4) is 44.9 Å². The number of furan rings is 1. The third-order valence-electron chi connectivity index (χ3n) is 8.52. The fourth-order valence-electron chi connectivity index (χ4n) is 6.30. The van der Waals surface area contributed by atoms with Crippen LogP contribution in [0.4, 0.5) is 0 Å². The van der Waals surface area contributed by atoms with Crippen LogP contribution in [-0.4, -0.2) is 0 Å². The van der Waals surface area contributed by atoms with E-state index in [1.807, 2.05) is 12.1 Å². The summed E-state index contributed by atoms with van der Waals surface area (Å²) >= 11 is 0. The van der Waals surface area contributed by atoms with E-state index >= 15 is 0 Å². The first kappa shape index (κ1) is 23.8. The van der Waals surface area contributed by atoms with Crippen LogP contribution in [0, 0.1) is 0 Å². The van der Waals surface area contributed by atoms with Gasteiger partial charge in [-0.3, -0.25) is 0 Å². The summed E-state index contributed by atoms with van der Waals surface area (Å²) in [4.78, 5) is 0. The first-order valence-electron chi connectivity index (χ1n) is 14.1. The van der Waals surface area contributed by atoms with E-state index in [1.165, 1.54) is 27.8 Å². The Kier molecular flexibility index (Phi) is 5.20. The molecule has 0 amide bonds. The van der Waals surface area contributed by atoms with Gasteiger partial charge in [0.2, 0.25) is 0 Å². The largest absolute Gasteiger partial charge is 0.453 e. The summed E-state index contributed by atoms with van der Waals surface area (Å²) < 4.78 is 13.1. The van der Waals surface area contributed by atoms with E-state index in [9.17, 15) is 0 Å². The Labute approximate surface area is 239 Å². The lowest BCUT2D eigenvalue weighted by atomic mass is 9.75. The van der Waals surface area contributed by atoms with Gasteiger partial charge in [0.1, 0.15) is 11.3 Å². The molecule has 0 fully saturated rings. The highest BCUT2D eigenvalue weighted by Gasteiger charge is 2.36. The molecule has 8 rings (SSSR count). The van der Waals surface area contributed by atoms with Crippen molar-refractivity contribution in [3.05, 3.63) is 145 Å². The second-order valence-corrected chi connectivity index (χ2v) is 11.4. The molecule has 6 aromatic carbocycles. The van der Waals surface area contributed by atoms with E-state index in [1.54, 1.807) is 0 Å². The Morgan fingerprint density at radius 1 is 0.463 bits per heavy atom. The second kappa shape index (κ2) is 8.97. The molecule has 1 aliphatic heterocycles. The Morgan fingerprint density at radius 3 is 1.73 bits per heavy atom. The van der Waals surface area contributed by atoms with Crippen LogP contribution in [0.2, 0.25) is 0 Å². The predicted molar refractivity (Wildman–Crippen MR) is 169 cm³/mol. The zero-order valence-electron chi connectivity index (χ0n) is 23.0. The van der Waals surface area contributed by atoms with Gasteiger partial charge in [0.25, 0.3) is 0 Å². The lowest BCUT2D eigenvalue weighted by Gasteiger charge is -2.34. The first-order chi connectivity index (χ1) is 20.1. The molecule has 7 aromatic rings. The van der Waals surface area contributed by atoms with E-state index in [0.29, 0.717) is 0 Å². The molecular formula is C39H28O2. The van der Waals surface area contributed by atoms with Gasteiger partial charge in [-0.05, 0) is 69.8 Å². The van der Waals surface area contributed by atoms with Gasteiger partial charge in [-0.15, -0.1) is 0 Å². The number of fused-ring (bicyclic) bond motifs is 6. The summed E-state index contributed by atoms with van der Waals surface area (Å²) in [7, 11) is 0. The minimum Gasteiger partial charge on any atom is -0.453 e. The van der Waals surface area contributed by atoms with Crippen LogP contribution >= 0.6 is 0 Å². The van der Waals surface area contributed by atoms with Crippen molar-refractivity contribution >= 4 is 21.9 Å². The van der Waals surface area contributed by atoms with E-state index in [0.717, 1.165) is 50.1 Å². The second-order valence-electron chi connectivity index (χ2n) is 11.4. The quantitative estimate of drug-likeness (QED) is 0.228. The monoisotopic (exact) mass is 528 g/mol. The molecule has 2 heterocycles. The molecule has 0 saturated heterocycles. The molecule has 2 nitrogen and oxygen atoms in total. The van der Waals surface area contributed by atoms with Crippen LogP contribution in [0.3, 0.4) is 0 Å². The third kappa shape index (κ3) is 3.79. The van der Waals surface area contributed by atoms with Crippen molar-refractivity contribution in [1.29, 1.82) is 0 Å². The molecule has 2 heteroatoms. The highest BCUT2D eigenvalue weighted by Crippen LogP contribution is 2.52. The molecule has 0 unspecified atom stereocenters. The zero-order chi connectivity index (χ0) is 27.6. The first-order valence-corrected chi connectivity index (χ1v) is 14.1. The number of hydrogen-bond donors (Lipinski definition) is 0. The smallest absolute Gasteiger partial charge is 0.178 e. The Bertz CT molecular complexity index is 2020. The lowest BCUT2D eigenvalue weighted by Crippen LogP contribution is -2.24. The maximum Gasteiger partial charge on any atom is 0.178 e. The van der Waals surface area contributed by atoms with Crippen LogP contribution in [0.5, 0.6) is 11.5 Å². The molecule has 0 saturated carbocycles. The molecule has 0 bridgehead atoms. The highest BCUT2D eigenvalue weighted by atomic mass is 16.5. The van der Waals surface area contributed by atoms with Crippen molar-refractivity contribution in [2.24, 2.45) is 0 Å². The predicted octanol–water partition coefficient (Wildman–Crippen LogP) is 11.0. The van der Waals surface area contributed by atoms with Crippen LogP contribution in [0.15, 0.2) is 138 Å². The van der Waals surface area contributed by atoms with Crippen molar-refractivity contribution in [1.82, 2.24) is 0 Å². The average molecular weight is 529 g/mol. The van der Waals surface area contributed by atoms with Crippen molar-refractivity contribution in [3.63, 3.8) is 0 Å². The van der Waals surface area contributed by atoms with Gasteiger partial charge in [-0.2, -0.15) is 0 Å². The van der Waals surface area contributed by atoms with Gasteiger partial charge in [-0.1, -0.05) is 111 Å². The number of para-hydroxylation sites is 1. The fraction of sp³-hybridized carbons (Fsp3) is 0.0769. The van der Waals surface area contributed by atoms with Gasteiger partial charge in [0, 0.05) is 27.3 Å². The van der Waals surface area contributed by atoms with E-state index in [2.05, 4.69) is 135 Å². The summed E-state index contributed by atoms with van der Waals surface area (Å²) in [5, 5.41) is 2.19. The van der Waals surface area contributed by atoms with Crippen LogP contribution in [0.1, 0.15) is 25.0 Å². The summed E-state index contributed by atoms with van der Waals surface area (Å²) in [6, 6.07) is 47.2. The number of benzene rings is 6. The maximum atomic E-state index is 6.75. The van der Waals surface area contributed by atoms with E-state index in [4.69, 9.17) is 9.15 Å². The van der Waals surface area contributed by atoms with Crippen molar-refractivity contribution in [2.45, 2.75) is 19.3 Å². The average Bonchev–Trinajstić information content (AvgIpc) is 3.41.